The largest absolute Gasteiger partial charge is 0.474 e. The van der Waals surface area contributed by atoms with Crippen LogP contribution in [0.1, 0.15) is 26.5 Å². The summed E-state index contributed by atoms with van der Waals surface area (Å²) < 4.78 is 10.0. The van der Waals surface area contributed by atoms with Gasteiger partial charge in [-0.25, -0.2) is 4.79 Å². The lowest BCUT2D eigenvalue weighted by Crippen LogP contribution is -2.34. The molecule has 8 heteroatoms. The van der Waals surface area contributed by atoms with Gasteiger partial charge in [-0.2, -0.15) is 0 Å². The zero-order chi connectivity index (χ0) is 17.3. The second kappa shape index (κ2) is 5.99. The molecule has 0 saturated heterocycles. The van der Waals surface area contributed by atoms with Gasteiger partial charge in [0.05, 0.1) is 17.4 Å². The van der Waals surface area contributed by atoms with Gasteiger partial charge in [-0.3, -0.25) is 14.4 Å². The Morgan fingerprint density at radius 2 is 1.71 bits per heavy atom. The molecule has 0 aliphatic carbocycles. The van der Waals surface area contributed by atoms with Crippen LogP contribution < -0.4 is 10.2 Å². The van der Waals surface area contributed by atoms with Crippen LogP contribution in [0.25, 0.3) is 0 Å². The van der Waals surface area contributed by atoms with Gasteiger partial charge in [0.25, 0.3) is 11.8 Å². The van der Waals surface area contributed by atoms with E-state index in [-0.39, 0.29) is 22.6 Å². The summed E-state index contributed by atoms with van der Waals surface area (Å²) in [5.41, 5.74) is -0.168. The van der Waals surface area contributed by atoms with Gasteiger partial charge < -0.3 is 14.0 Å². The summed E-state index contributed by atoms with van der Waals surface area (Å²) in [5, 5.41) is 0.372. The number of carbonyl (C=O) groups excluding carboxylic acids is 3. The first-order chi connectivity index (χ1) is 11.5. The van der Waals surface area contributed by atoms with Gasteiger partial charge in [-0.05, 0) is 19.1 Å². The standard InChI is InChI=1S/C16H11NO7/c1-9-14(12(18)6-7-22-9)23-8-13(19)24-17-15(20)10-4-2-3-5-11(10)16(17)21/h2-7H,8H2,1H3. The highest BCUT2D eigenvalue weighted by Crippen LogP contribution is 2.22. The van der Waals surface area contributed by atoms with Crippen molar-refractivity contribution < 1.29 is 28.4 Å². The number of benzene rings is 1. The molecule has 2 amide bonds. The minimum atomic E-state index is -1.01. The molecular weight excluding hydrogens is 318 g/mol. The molecule has 0 bridgehead atoms. The van der Waals surface area contributed by atoms with E-state index in [9.17, 15) is 19.2 Å². The maximum Gasteiger partial charge on any atom is 0.370 e. The third kappa shape index (κ3) is 2.65. The molecule has 3 rings (SSSR count). The smallest absolute Gasteiger partial charge is 0.370 e. The van der Waals surface area contributed by atoms with Crippen molar-refractivity contribution in [3.05, 3.63) is 63.7 Å². The van der Waals surface area contributed by atoms with Gasteiger partial charge in [-0.1, -0.05) is 17.2 Å². The van der Waals surface area contributed by atoms with Crippen molar-refractivity contribution in [2.75, 3.05) is 6.61 Å². The van der Waals surface area contributed by atoms with Crippen molar-refractivity contribution in [1.29, 1.82) is 0 Å². The van der Waals surface area contributed by atoms with Crippen LogP contribution >= 0.6 is 0 Å². The molecule has 8 nitrogen and oxygen atoms in total. The lowest BCUT2D eigenvalue weighted by atomic mass is 10.1. The van der Waals surface area contributed by atoms with Gasteiger partial charge >= 0.3 is 5.97 Å². The third-order valence-corrected chi connectivity index (χ3v) is 3.29. The van der Waals surface area contributed by atoms with E-state index in [2.05, 4.69) is 0 Å². The molecule has 0 unspecified atom stereocenters. The molecule has 0 saturated carbocycles. The lowest BCUT2D eigenvalue weighted by Gasteiger charge is -2.13. The zero-order valence-electron chi connectivity index (χ0n) is 12.5. The van der Waals surface area contributed by atoms with Gasteiger partial charge in [0.15, 0.2) is 6.61 Å². The monoisotopic (exact) mass is 329 g/mol. The first-order valence-electron chi connectivity index (χ1n) is 6.89. The maximum atomic E-state index is 12.0. The van der Waals surface area contributed by atoms with Gasteiger partial charge in [0, 0.05) is 6.07 Å². The quantitative estimate of drug-likeness (QED) is 0.773. The molecule has 122 valence electrons. The van der Waals surface area contributed by atoms with Crippen molar-refractivity contribution >= 4 is 17.8 Å². The Morgan fingerprint density at radius 3 is 2.29 bits per heavy atom. The molecule has 0 atom stereocenters. The predicted octanol–water partition coefficient (Wildman–Crippen LogP) is 1.08. The fourth-order valence-corrected chi connectivity index (χ4v) is 2.18. The molecule has 1 aliphatic rings. The molecule has 0 spiro atoms. The van der Waals surface area contributed by atoms with Crippen LogP contribution in [0, 0.1) is 6.92 Å². The summed E-state index contributed by atoms with van der Waals surface area (Å²) >= 11 is 0. The summed E-state index contributed by atoms with van der Waals surface area (Å²) in [6.07, 6.45) is 1.20. The normalized spacial score (nSPS) is 13.0. The Morgan fingerprint density at radius 1 is 1.08 bits per heavy atom. The Balaban J connectivity index is 1.67. The van der Waals surface area contributed by atoms with Gasteiger partial charge in [0.1, 0.15) is 5.76 Å². The molecule has 2 aromatic rings. The van der Waals surface area contributed by atoms with Crippen molar-refractivity contribution in [2.24, 2.45) is 0 Å². The zero-order valence-corrected chi connectivity index (χ0v) is 12.5. The number of hydroxylamine groups is 2. The molecule has 1 aromatic heterocycles. The average molecular weight is 329 g/mol. The number of carbonyl (C=O) groups is 3. The van der Waals surface area contributed by atoms with Crippen LogP contribution in [-0.4, -0.2) is 29.5 Å². The van der Waals surface area contributed by atoms with Crippen LogP contribution in [0.15, 0.2) is 45.8 Å². The number of imide groups is 1. The summed E-state index contributed by atoms with van der Waals surface area (Å²) in [6.45, 7) is 0.829. The first-order valence-corrected chi connectivity index (χ1v) is 6.89. The highest BCUT2D eigenvalue weighted by molar-refractivity contribution is 6.20. The fraction of sp³-hybridized carbons (Fsp3) is 0.125. The summed E-state index contributed by atoms with van der Waals surface area (Å²) in [4.78, 5) is 52.3. The Hall–Kier alpha value is -3.42. The van der Waals surface area contributed by atoms with Gasteiger partial charge in [0.2, 0.25) is 11.2 Å². The number of hydrogen-bond acceptors (Lipinski definition) is 7. The predicted molar refractivity (Wildman–Crippen MR) is 78.2 cm³/mol. The van der Waals surface area contributed by atoms with Crippen LogP contribution in [0.2, 0.25) is 0 Å². The van der Waals surface area contributed by atoms with E-state index in [0.29, 0.717) is 5.06 Å². The number of aryl methyl sites for hydroxylation is 1. The number of fused-ring (bicyclic) bond motifs is 1. The Kier molecular flexibility index (Phi) is 3.87. The molecule has 1 aromatic carbocycles. The van der Waals surface area contributed by atoms with E-state index < -0.39 is 29.8 Å². The molecule has 2 heterocycles. The van der Waals surface area contributed by atoms with Crippen LogP contribution in [-0.2, 0) is 9.63 Å². The van der Waals surface area contributed by atoms with Crippen LogP contribution in [0.5, 0.6) is 5.75 Å². The number of hydrogen-bond donors (Lipinski definition) is 0. The molecule has 24 heavy (non-hydrogen) atoms. The minimum absolute atomic E-state index is 0.142. The second-order valence-electron chi connectivity index (χ2n) is 4.87. The van der Waals surface area contributed by atoms with Gasteiger partial charge in [-0.15, -0.1) is 0 Å². The summed E-state index contributed by atoms with van der Waals surface area (Å²) in [5.74, 6) is -2.43. The third-order valence-electron chi connectivity index (χ3n) is 3.29. The molecular formula is C16H11NO7. The summed E-state index contributed by atoms with van der Waals surface area (Å²) in [7, 11) is 0. The minimum Gasteiger partial charge on any atom is -0.474 e. The van der Waals surface area contributed by atoms with Crippen molar-refractivity contribution in [3.63, 3.8) is 0 Å². The summed E-state index contributed by atoms with van der Waals surface area (Å²) in [6, 6.07) is 7.24. The fourth-order valence-electron chi connectivity index (χ4n) is 2.18. The van der Waals surface area contributed by atoms with Crippen LogP contribution in [0.3, 0.4) is 0 Å². The number of ether oxygens (including phenoxy) is 1. The maximum absolute atomic E-state index is 12.0. The first kappa shape index (κ1) is 15.5. The molecule has 0 fully saturated rings. The second-order valence-corrected chi connectivity index (χ2v) is 4.87. The van der Waals surface area contributed by atoms with E-state index in [4.69, 9.17) is 14.0 Å². The van der Waals surface area contributed by atoms with E-state index in [1.54, 1.807) is 12.1 Å². The number of nitrogens with zero attached hydrogens (tertiary/aromatic N) is 1. The SMILES string of the molecule is Cc1occc(=O)c1OCC(=O)ON1C(=O)c2ccccc2C1=O. The average Bonchev–Trinajstić information content (AvgIpc) is 2.80. The highest BCUT2D eigenvalue weighted by Gasteiger charge is 2.38. The highest BCUT2D eigenvalue weighted by atomic mass is 16.7. The van der Waals surface area contributed by atoms with E-state index in [1.165, 1.54) is 25.3 Å². The lowest BCUT2D eigenvalue weighted by molar-refractivity contribution is -0.170. The Labute approximate surface area is 135 Å². The topological polar surface area (TPSA) is 103 Å². The van der Waals surface area contributed by atoms with Crippen molar-refractivity contribution in [1.82, 2.24) is 5.06 Å². The Bertz CT molecular complexity index is 864. The van der Waals surface area contributed by atoms with Crippen molar-refractivity contribution in [3.8, 4) is 5.75 Å². The van der Waals surface area contributed by atoms with E-state index in [1.807, 2.05) is 0 Å². The molecule has 1 aliphatic heterocycles. The van der Waals surface area contributed by atoms with Crippen molar-refractivity contribution in [2.45, 2.75) is 6.92 Å². The molecule has 0 radical (unpaired) electrons. The number of rotatable bonds is 4. The van der Waals surface area contributed by atoms with Crippen LogP contribution in [0.4, 0.5) is 0 Å². The van der Waals surface area contributed by atoms with E-state index >= 15 is 0 Å². The number of amides is 2. The van der Waals surface area contributed by atoms with E-state index in [0.717, 1.165) is 6.07 Å². The molecule has 0 N–H and O–H groups in total.